The molecule has 0 atom stereocenters. The molecule has 0 N–H and O–H groups in total. The Morgan fingerprint density at radius 1 is 1.12 bits per heavy atom. The van der Waals surface area contributed by atoms with Crippen molar-refractivity contribution in [2.45, 2.75) is 30.7 Å². The van der Waals surface area contributed by atoms with Crippen LogP contribution in [0, 0.1) is 0 Å². The summed E-state index contributed by atoms with van der Waals surface area (Å²) in [5.41, 5.74) is 3.25. The highest BCUT2D eigenvalue weighted by Crippen LogP contribution is 2.31. The SMILES string of the molecule is CN1CCCc2ccc(S(=O)(=O)N3CCc4c(ncn(C)c4=O)C3)cc21. The number of hydrogen-bond donors (Lipinski definition) is 0. The third-order valence-corrected chi connectivity index (χ3v) is 7.14. The smallest absolute Gasteiger partial charge is 0.256 e. The van der Waals surface area contributed by atoms with Gasteiger partial charge >= 0.3 is 0 Å². The molecule has 7 nitrogen and oxygen atoms in total. The summed E-state index contributed by atoms with van der Waals surface area (Å²) in [4.78, 5) is 18.9. The maximum absolute atomic E-state index is 13.1. The van der Waals surface area contributed by atoms with Crippen molar-refractivity contribution in [1.82, 2.24) is 13.9 Å². The maximum atomic E-state index is 13.1. The van der Waals surface area contributed by atoms with E-state index in [0.29, 0.717) is 29.1 Å². The van der Waals surface area contributed by atoms with E-state index >= 15 is 0 Å². The van der Waals surface area contributed by atoms with Gasteiger partial charge in [0.2, 0.25) is 10.0 Å². The van der Waals surface area contributed by atoms with Gasteiger partial charge in [0.25, 0.3) is 5.56 Å². The van der Waals surface area contributed by atoms with Crippen LogP contribution in [0.2, 0.25) is 0 Å². The molecule has 0 saturated heterocycles. The van der Waals surface area contributed by atoms with Gasteiger partial charge in [-0.1, -0.05) is 6.07 Å². The van der Waals surface area contributed by atoms with Crippen molar-refractivity contribution in [2.75, 3.05) is 25.0 Å². The Morgan fingerprint density at radius 3 is 2.73 bits per heavy atom. The summed E-state index contributed by atoms with van der Waals surface area (Å²) in [6.07, 6.45) is 3.90. The molecular weight excluding hydrogens is 352 g/mol. The predicted octanol–water partition coefficient (Wildman–Crippen LogP) is 0.910. The van der Waals surface area contributed by atoms with Crippen molar-refractivity contribution in [3.63, 3.8) is 0 Å². The minimum absolute atomic E-state index is 0.0950. The fraction of sp³-hybridized carbons (Fsp3) is 0.444. The van der Waals surface area contributed by atoms with E-state index in [4.69, 9.17) is 0 Å². The average molecular weight is 374 g/mol. The normalized spacial score (nSPS) is 17.7. The molecule has 0 unspecified atom stereocenters. The average Bonchev–Trinajstić information content (AvgIpc) is 2.64. The van der Waals surface area contributed by atoms with Crippen LogP contribution in [-0.2, 0) is 36.5 Å². The third-order valence-electron chi connectivity index (χ3n) is 5.30. The molecule has 2 aliphatic rings. The van der Waals surface area contributed by atoms with Crippen LogP contribution in [0.5, 0.6) is 0 Å². The largest absolute Gasteiger partial charge is 0.374 e. The van der Waals surface area contributed by atoms with Crippen LogP contribution in [0.25, 0.3) is 0 Å². The van der Waals surface area contributed by atoms with Gasteiger partial charge in [0.1, 0.15) is 0 Å². The molecule has 0 bridgehead atoms. The Hall–Kier alpha value is -2.19. The van der Waals surface area contributed by atoms with Crippen LogP contribution in [0.1, 0.15) is 23.2 Å². The first-order valence-electron chi connectivity index (χ1n) is 8.75. The number of aryl methyl sites for hydroxylation is 2. The van der Waals surface area contributed by atoms with E-state index in [0.717, 1.165) is 25.1 Å². The van der Waals surface area contributed by atoms with Gasteiger partial charge < -0.3 is 9.47 Å². The molecule has 2 aromatic rings. The van der Waals surface area contributed by atoms with Crippen LogP contribution in [0.4, 0.5) is 5.69 Å². The summed E-state index contributed by atoms with van der Waals surface area (Å²) < 4.78 is 29.1. The lowest BCUT2D eigenvalue weighted by atomic mass is 10.0. The number of nitrogens with zero attached hydrogens (tertiary/aromatic N) is 4. The summed E-state index contributed by atoms with van der Waals surface area (Å²) in [6.45, 7) is 1.37. The Balaban J connectivity index is 1.68. The molecule has 1 aromatic carbocycles. The predicted molar refractivity (Wildman–Crippen MR) is 98.8 cm³/mol. The highest BCUT2D eigenvalue weighted by Gasteiger charge is 2.31. The van der Waals surface area contributed by atoms with Crippen molar-refractivity contribution < 1.29 is 8.42 Å². The zero-order chi connectivity index (χ0) is 18.5. The van der Waals surface area contributed by atoms with Crippen molar-refractivity contribution in [1.29, 1.82) is 0 Å². The van der Waals surface area contributed by atoms with Crippen LogP contribution < -0.4 is 10.5 Å². The Labute approximate surface area is 152 Å². The molecule has 0 fully saturated rings. The van der Waals surface area contributed by atoms with E-state index in [-0.39, 0.29) is 12.1 Å². The second kappa shape index (κ2) is 6.21. The first kappa shape index (κ1) is 17.2. The van der Waals surface area contributed by atoms with Gasteiger partial charge in [0, 0.05) is 38.4 Å². The molecule has 138 valence electrons. The molecule has 0 radical (unpaired) electrons. The highest BCUT2D eigenvalue weighted by atomic mass is 32.2. The molecule has 0 saturated carbocycles. The van der Waals surface area contributed by atoms with Gasteiger partial charge in [-0.3, -0.25) is 4.79 Å². The number of sulfonamides is 1. The lowest BCUT2D eigenvalue weighted by Gasteiger charge is -2.30. The van der Waals surface area contributed by atoms with E-state index in [9.17, 15) is 13.2 Å². The summed E-state index contributed by atoms with van der Waals surface area (Å²) >= 11 is 0. The molecule has 0 aliphatic carbocycles. The van der Waals surface area contributed by atoms with Gasteiger partial charge in [-0.05, 0) is 37.0 Å². The Kier molecular flexibility index (Phi) is 4.11. The van der Waals surface area contributed by atoms with Gasteiger partial charge in [0.15, 0.2) is 0 Å². The minimum atomic E-state index is -3.63. The number of benzene rings is 1. The molecule has 4 rings (SSSR count). The van der Waals surface area contributed by atoms with Crippen molar-refractivity contribution >= 4 is 15.7 Å². The van der Waals surface area contributed by atoms with E-state index < -0.39 is 10.0 Å². The molecule has 1 aromatic heterocycles. The minimum Gasteiger partial charge on any atom is -0.374 e. The van der Waals surface area contributed by atoms with E-state index in [1.165, 1.54) is 20.8 Å². The van der Waals surface area contributed by atoms with E-state index in [1.54, 1.807) is 19.2 Å². The molecule has 3 heterocycles. The molecule has 0 spiro atoms. The molecule has 26 heavy (non-hydrogen) atoms. The van der Waals surface area contributed by atoms with Crippen LogP contribution in [0.15, 0.2) is 34.2 Å². The van der Waals surface area contributed by atoms with Gasteiger partial charge in [-0.15, -0.1) is 0 Å². The van der Waals surface area contributed by atoms with Crippen LogP contribution >= 0.6 is 0 Å². The number of hydrogen-bond acceptors (Lipinski definition) is 5. The second-order valence-corrected chi connectivity index (χ2v) is 8.93. The number of fused-ring (bicyclic) bond motifs is 2. The van der Waals surface area contributed by atoms with Crippen LogP contribution in [-0.4, -0.2) is 42.4 Å². The summed E-state index contributed by atoms with van der Waals surface area (Å²) in [5, 5.41) is 0. The monoisotopic (exact) mass is 374 g/mol. The fourth-order valence-corrected chi connectivity index (χ4v) is 5.17. The Bertz CT molecular complexity index is 1030. The number of aromatic nitrogens is 2. The number of anilines is 1. The molecule has 2 aliphatic heterocycles. The van der Waals surface area contributed by atoms with E-state index in [1.807, 2.05) is 13.1 Å². The van der Waals surface area contributed by atoms with Gasteiger partial charge in [0.05, 0.1) is 23.5 Å². The Morgan fingerprint density at radius 2 is 1.92 bits per heavy atom. The maximum Gasteiger partial charge on any atom is 0.256 e. The first-order valence-corrected chi connectivity index (χ1v) is 10.2. The van der Waals surface area contributed by atoms with Crippen molar-refractivity contribution in [3.8, 4) is 0 Å². The van der Waals surface area contributed by atoms with Crippen LogP contribution in [0.3, 0.4) is 0 Å². The molecule has 8 heteroatoms. The number of rotatable bonds is 2. The topological polar surface area (TPSA) is 75.5 Å². The zero-order valence-electron chi connectivity index (χ0n) is 15.0. The summed E-state index contributed by atoms with van der Waals surface area (Å²) in [7, 11) is 0.0196. The summed E-state index contributed by atoms with van der Waals surface area (Å²) in [5.74, 6) is 0. The quantitative estimate of drug-likeness (QED) is 0.781. The lowest BCUT2D eigenvalue weighted by molar-refractivity contribution is 0.382. The molecular formula is C18H22N4O3S. The third kappa shape index (κ3) is 2.73. The second-order valence-electron chi connectivity index (χ2n) is 6.99. The first-order chi connectivity index (χ1) is 12.4. The van der Waals surface area contributed by atoms with Gasteiger partial charge in [-0.2, -0.15) is 4.31 Å². The summed E-state index contributed by atoms with van der Waals surface area (Å²) in [6, 6.07) is 5.39. The lowest BCUT2D eigenvalue weighted by Crippen LogP contribution is -2.40. The van der Waals surface area contributed by atoms with Crippen molar-refractivity contribution in [2.24, 2.45) is 7.05 Å². The highest BCUT2D eigenvalue weighted by molar-refractivity contribution is 7.89. The van der Waals surface area contributed by atoms with E-state index in [2.05, 4.69) is 9.88 Å². The fourth-order valence-electron chi connectivity index (χ4n) is 3.75. The van der Waals surface area contributed by atoms with Gasteiger partial charge in [-0.25, -0.2) is 13.4 Å². The standard InChI is InChI=1S/C18H22N4O3S/c1-20-8-3-4-13-5-6-14(10-17(13)20)26(24,25)22-9-7-15-16(11-22)19-12-21(2)18(15)23/h5-6,10,12H,3-4,7-9,11H2,1-2H3. The molecule has 0 amide bonds. The zero-order valence-corrected chi connectivity index (χ0v) is 15.8. The van der Waals surface area contributed by atoms with Crippen molar-refractivity contribution in [3.05, 3.63) is 51.7 Å².